The van der Waals surface area contributed by atoms with Crippen molar-refractivity contribution in [1.29, 1.82) is 0 Å². The molecule has 0 saturated heterocycles. The zero-order chi connectivity index (χ0) is 22.8. The highest BCUT2D eigenvalue weighted by molar-refractivity contribution is 7.22. The number of carbonyl (C=O) groups is 1. The number of aryl methyl sites for hydroxylation is 1. The Morgan fingerprint density at radius 2 is 2.06 bits per heavy atom. The Bertz CT molecular complexity index is 1100. The minimum atomic E-state index is 0.0679. The van der Waals surface area contributed by atoms with Gasteiger partial charge < -0.3 is 10.6 Å². The molecule has 0 bridgehead atoms. The highest BCUT2D eigenvalue weighted by Crippen LogP contribution is 2.46. The van der Waals surface area contributed by atoms with Crippen molar-refractivity contribution in [3.8, 4) is 10.6 Å². The first-order valence-electron chi connectivity index (χ1n) is 11.6. The van der Waals surface area contributed by atoms with Gasteiger partial charge in [-0.25, -0.2) is 4.98 Å². The molecule has 3 aromatic rings. The standard InChI is InChI=1S/C25H34N4OS2/c1-6-17(5)26-11-9-22(30)28-25-23(18-10-12-29(15(2)3)14-21(18)32-25)24-27-19-13-16(4)7-8-20(19)31-24/h7-8,13,15,17,26H,6,9-12,14H2,1-5H3,(H,28,30)/t17-/m0/s1. The maximum Gasteiger partial charge on any atom is 0.226 e. The van der Waals surface area contributed by atoms with E-state index in [1.54, 1.807) is 22.7 Å². The van der Waals surface area contributed by atoms with E-state index in [1.807, 2.05) is 0 Å². The Balaban J connectivity index is 1.65. The van der Waals surface area contributed by atoms with E-state index in [4.69, 9.17) is 4.98 Å². The summed E-state index contributed by atoms with van der Waals surface area (Å²) in [5.41, 5.74) is 4.78. The van der Waals surface area contributed by atoms with Gasteiger partial charge in [0.05, 0.1) is 10.2 Å². The van der Waals surface area contributed by atoms with E-state index in [1.165, 1.54) is 20.7 Å². The highest BCUT2D eigenvalue weighted by Gasteiger charge is 2.28. The van der Waals surface area contributed by atoms with Gasteiger partial charge in [-0.3, -0.25) is 9.69 Å². The fourth-order valence-electron chi connectivity index (χ4n) is 4.09. The number of hydrogen-bond acceptors (Lipinski definition) is 6. The summed E-state index contributed by atoms with van der Waals surface area (Å²) in [7, 11) is 0. The fraction of sp³-hybridized carbons (Fsp3) is 0.520. The second kappa shape index (κ2) is 10.00. The number of rotatable bonds is 8. The molecule has 1 aliphatic rings. The van der Waals surface area contributed by atoms with Crippen LogP contribution in [-0.2, 0) is 17.8 Å². The van der Waals surface area contributed by atoms with E-state index >= 15 is 0 Å². The molecule has 7 heteroatoms. The molecule has 1 amide bonds. The molecule has 1 aromatic carbocycles. The Labute approximate surface area is 199 Å². The number of nitrogens with one attached hydrogen (secondary N) is 2. The van der Waals surface area contributed by atoms with E-state index in [-0.39, 0.29) is 5.91 Å². The third-order valence-electron chi connectivity index (χ3n) is 6.28. The lowest BCUT2D eigenvalue weighted by atomic mass is 10.0. The molecule has 0 saturated carbocycles. The third-order valence-corrected chi connectivity index (χ3v) is 8.47. The normalized spacial score (nSPS) is 15.3. The van der Waals surface area contributed by atoms with Crippen molar-refractivity contribution in [2.75, 3.05) is 18.4 Å². The SMILES string of the molecule is CC[C@H](C)NCCC(=O)Nc1sc2c(c1-c1nc3cc(C)ccc3s1)CCN(C(C)C)C2. The molecule has 4 rings (SSSR count). The molecule has 32 heavy (non-hydrogen) atoms. The summed E-state index contributed by atoms with van der Waals surface area (Å²) >= 11 is 3.46. The molecule has 1 aliphatic heterocycles. The predicted octanol–water partition coefficient (Wildman–Crippen LogP) is 5.82. The van der Waals surface area contributed by atoms with Crippen LogP contribution in [-0.4, -0.2) is 41.0 Å². The molecule has 0 unspecified atom stereocenters. The van der Waals surface area contributed by atoms with Gasteiger partial charge in [-0.05, 0) is 63.8 Å². The predicted molar refractivity (Wildman–Crippen MR) is 138 cm³/mol. The average molecular weight is 471 g/mol. The number of thiazole rings is 1. The molecule has 0 spiro atoms. The molecule has 172 valence electrons. The maximum absolute atomic E-state index is 12.8. The van der Waals surface area contributed by atoms with E-state index in [0.29, 0.717) is 25.0 Å². The van der Waals surface area contributed by atoms with Crippen LogP contribution in [0.25, 0.3) is 20.8 Å². The number of carbonyl (C=O) groups excluding carboxylic acids is 1. The number of nitrogens with zero attached hydrogens (tertiary/aromatic N) is 2. The summed E-state index contributed by atoms with van der Waals surface area (Å²) in [5.74, 6) is 0.0679. The first-order valence-corrected chi connectivity index (χ1v) is 13.3. The Morgan fingerprint density at radius 3 is 2.81 bits per heavy atom. The number of amides is 1. The van der Waals surface area contributed by atoms with E-state index in [2.05, 4.69) is 68.4 Å². The molecule has 2 aromatic heterocycles. The van der Waals surface area contributed by atoms with Gasteiger partial charge in [0.15, 0.2) is 0 Å². The van der Waals surface area contributed by atoms with Gasteiger partial charge >= 0.3 is 0 Å². The summed E-state index contributed by atoms with van der Waals surface area (Å²) in [6.07, 6.45) is 2.54. The summed E-state index contributed by atoms with van der Waals surface area (Å²) < 4.78 is 1.19. The van der Waals surface area contributed by atoms with Crippen molar-refractivity contribution in [2.24, 2.45) is 0 Å². The van der Waals surface area contributed by atoms with Gasteiger partial charge in [0.25, 0.3) is 0 Å². The van der Waals surface area contributed by atoms with Crippen molar-refractivity contribution in [3.05, 3.63) is 34.2 Å². The fourth-order valence-corrected chi connectivity index (χ4v) is 6.47. The first-order chi connectivity index (χ1) is 15.4. The Morgan fingerprint density at radius 1 is 1.25 bits per heavy atom. The van der Waals surface area contributed by atoms with Crippen LogP contribution in [0.5, 0.6) is 0 Å². The minimum absolute atomic E-state index is 0.0679. The minimum Gasteiger partial charge on any atom is -0.317 e. The van der Waals surface area contributed by atoms with Crippen LogP contribution in [0.15, 0.2) is 18.2 Å². The Hall–Kier alpha value is -1.80. The van der Waals surface area contributed by atoms with Gasteiger partial charge in [-0.2, -0.15) is 0 Å². The molecular formula is C25H34N4OS2. The molecular weight excluding hydrogens is 436 g/mol. The van der Waals surface area contributed by atoms with Gasteiger partial charge in [0.2, 0.25) is 5.91 Å². The summed E-state index contributed by atoms with van der Waals surface area (Å²) in [6.45, 7) is 13.6. The number of fused-ring (bicyclic) bond motifs is 2. The molecule has 3 heterocycles. The van der Waals surface area contributed by atoms with Gasteiger partial charge in [0, 0.05) is 48.6 Å². The van der Waals surface area contributed by atoms with Gasteiger partial charge in [0.1, 0.15) is 10.0 Å². The highest BCUT2D eigenvalue weighted by atomic mass is 32.1. The number of thiophene rings is 1. The zero-order valence-corrected chi connectivity index (χ0v) is 21.4. The third kappa shape index (κ3) is 5.06. The van der Waals surface area contributed by atoms with Crippen LogP contribution >= 0.6 is 22.7 Å². The average Bonchev–Trinajstić information content (AvgIpc) is 3.32. The molecule has 2 N–H and O–H groups in total. The smallest absolute Gasteiger partial charge is 0.226 e. The molecule has 0 radical (unpaired) electrons. The van der Waals surface area contributed by atoms with Crippen molar-refractivity contribution in [1.82, 2.24) is 15.2 Å². The van der Waals surface area contributed by atoms with Crippen LogP contribution in [0, 0.1) is 6.92 Å². The van der Waals surface area contributed by atoms with E-state index < -0.39 is 0 Å². The largest absolute Gasteiger partial charge is 0.317 e. The summed E-state index contributed by atoms with van der Waals surface area (Å²) in [5, 5.41) is 8.64. The lowest BCUT2D eigenvalue weighted by molar-refractivity contribution is -0.116. The van der Waals surface area contributed by atoms with E-state index in [0.717, 1.165) is 47.0 Å². The van der Waals surface area contributed by atoms with Crippen LogP contribution in [0.1, 0.15) is 56.5 Å². The summed E-state index contributed by atoms with van der Waals surface area (Å²) in [4.78, 5) is 21.7. The number of hydrogen-bond donors (Lipinski definition) is 2. The van der Waals surface area contributed by atoms with Crippen molar-refractivity contribution < 1.29 is 4.79 Å². The molecule has 1 atom stereocenters. The second-order valence-corrected chi connectivity index (χ2v) is 11.2. The van der Waals surface area contributed by atoms with Crippen LogP contribution < -0.4 is 10.6 Å². The Kier molecular flexibility index (Phi) is 7.30. The molecule has 0 aliphatic carbocycles. The number of aromatic nitrogens is 1. The first kappa shape index (κ1) is 23.4. The lowest BCUT2D eigenvalue weighted by Crippen LogP contribution is -2.35. The van der Waals surface area contributed by atoms with E-state index in [9.17, 15) is 4.79 Å². The lowest BCUT2D eigenvalue weighted by Gasteiger charge is -2.30. The maximum atomic E-state index is 12.8. The van der Waals surface area contributed by atoms with Crippen molar-refractivity contribution >= 4 is 43.8 Å². The number of benzene rings is 1. The summed E-state index contributed by atoms with van der Waals surface area (Å²) in [6, 6.07) is 7.39. The number of anilines is 1. The van der Waals surface area contributed by atoms with Crippen LogP contribution in [0.3, 0.4) is 0 Å². The van der Waals surface area contributed by atoms with Crippen LogP contribution in [0.4, 0.5) is 5.00 Å². The van der Waals surface area contributed by atoms with Crippen molar-refractivity contribution in [2.45, 2.75) is 72.5 Å². The van der Waals surface area contributed by atoms with Gasteiger partial charge in [-0.15, -0.1) is 22.7 Å². The van der Waals surface area contributed by atoms with Crippen LogP contribution in [0.2, 0.25) is 0 Å². The van der Waals surface area contributed by atoms with Crippen molar-refractivity contribution in [3.63, 3.8) is 0 Å². The zero-order valence-electron chi connectivity index (χ0n) is 19.7. The second-order valence-electron chi connectivity index (χ2n) is 9.07. The molecule has 5 nitrogen and oxygen atoms in total. The monoisotopic (exact) mass is 470 g/mol. The molecule has 0 fully saturated rings. The quantitative estimate of drug-likeness (QED) is 0.436. The topological polar surface area (TPSA) is 57.3 Å². The van der Waals surface area contributed by atoms with Gasteiger partial charge in [-0.1, -0.05) is 13.0 Å².